The summed E-state index contributed by atoms with van der Waals surface area (Å²) in [4.78, 5) is 17.5. The molecular formula is C17H19N3O. The maximum Gasteiger partial charge on any atom is 0.253 e. The largest absolute Gasteiger partial charge is 0.358 e. The summed E-state index contributed by atoms with van der Waals surface area (Å²) in [6.07, 6.45) is 5.03. The van der Waals surface area contributed by atoms with Crippen molar-refractivity contribution < 1.29 is 4.79 Å². The molecule has 1 aliphatic rings. The van der Waals surface area contributed by atoms with Gasteiger partial charge in [-0.15, -0.1) is 0 Å². The minimum atomic E-state index is -0.0158. The van der Waals surface area contributed by atoms with Crippen molar-refractivity contribution in [3.05, 3.63) is 35.0 Å². The number of aryl methyl sites for hydroxylation is 2. The maximum absolute atomic E-state index is 12.4. The first-order valence-electron chi connectivity index (χ1n) is 7.46. The van der Waals surface area contributed by atoms with E-state index in [2.05, 4.69) is 11.1 Å². The zero-order valence-corrected chi connectivity index (χ0v) is 12.3. The van der Waals surface area contributed by atoms with Gasteiger partial charge in [-0.2, -0.15) is 5.26 Å². The van der Waals surface area contributed by atoms with E-state index in [1.807, 2.05) is 18.2 Å². The lowest BCUT2D eigenvalue weighted by atomic mass is 9.95. The van der Waals surface area contributed by atoms with Crippen LogP contribution in [0, 0.1) is 11.3 Å². The standard InChI is InChI=1S/C17H19N3O/c1-20(10-4-9-18)17(21)12-7-8-16-14(11-12)13-5-2-3-6-15(13)19-16/h7-8,11,19H,2-6,10H2,1H3. The number of rotatable bonds is 3. The van der Waals surface area contributed by atoms with E-state index in [1.165, 1.54) is 29.5 Å². The van der Waals surface area contributed by atoms with Gasteiger partial charge in [0.05, 0.1) is 12.5 Å². The number of nitriles is 1. The molecule has 1 aliphatic carbocycles. The second-order valence-electron chi connectivity index (χ2n) is 5.68. The van der Waals surface area contributed by atoms with Crippen LogP contribution >= 0.6 is 0 Å². The lowest BCUT2D eigenvalue weighted by molar-refractivity contribution is 0.0798. The van der Waals surface area contributed by atoms with Gasteiger partial charge in [0.1, 0.15) is 0 Å². The van der Waals surface area contributed by atoms with Crippen molar-refractivity contribution in [2.75, 3.05) is 13.6 Å². The molecule has 4 heteroatoms. The number of carbonyl (C=O) groups excluding carboxylic acids is 1. The summed E-state index contributed by atoms with van der Waals surface area (Å²) in [7, 11) is 1.75. The van der Waals surface area contributed by atoms with Crippen molar-refractivity contribution in [1.82, 2.24) is 9.88 Å². The molecule has 0 radical (unpaired) electrons. The first-order valence-corrected chi connectivity index (χ1v) is 7.46. The van der Waals surface area contributed by atoms with Crippen LogP contribution in [0.3, 0.4) is 0 Å². The number of fused-ring (bicyclic) bond motifs is 3. The van der Waals surface area contributed by atoms with Gasteiger partial charge >= 0.3 is 0 Å². The molecule has 1 aromatic heterocycles. The number of benzene rings is 1. The van der Waals surface area contributed by atoms with E-state index in [0.717, 1.165) is 18.4 Å². The van der Waals surface area contributed by atoms with Gasteiger partial charge in [0.2, 0.25) is 0 Å². The van der Waals surface area contributed by atoms with Gasteiger partial charge in [-0.3, -0.25) is 4.79 Å². The third-order valence-corrected chi connectivity index (χ3v) is 4.25. The fraction of sp³-hybridized carbons (Fsp3) is 0.412. The Labute approximate surface area is 124 Å². The molecule has 0 spiro atoms. The summed E-state index contributed by atoms with van der Waals surface area (Å²) < 4.78 is 0. The van der Waals surface area contributed by atoms with E-state index >= 15 is 0 Å². The van der Waals surface area contributed by atoms with E-state index in [0.29, 0.717) is 18.5 Å². The Bertz CT molecular complexity index is 723. The second kappa shape index (κ2) is 5.61. The van der Waals surface area contributed by atoms with Gasteiger partial charge in [0.15, 0.2) is 0 Å². The van der Waals surface area contributed by atoms with E-state index in [9.17, 15) is 4.79 Å². The smallest absolute Gasteiger partial charge is 0.253 e. The molecule has 1 heterocycles. The van der Waals surface area contributed by atoms with Crippen LogP contribution in [0.4, 0.5) is 0 Å². The summed E-state index contributed by atoms with van der Waals surface area (Å²) in [6, 6.07) is 7.94. The van der Waals surface area contributed by atoms with Crippen LogP contribution in [0.15, 0.2) is 18.2 Å². The number of aromatic nitrogens is 1. The Kier molecular flexibility index (Phi) is 3.66. The van der Waals surface area contributed by atoms with Crippen LogP contribution in [0.1, 0.15) is 40.9 Å². The molecule has 1 N–H and O–H groups in total. The molecule has 0 aliphatic heterocycles. The monoisotopic (exact) mass is 281 g/mol. The fourth-order valence-corrected chi connectivity index (χ4v) is 3.08. The summed E-state index contributed by atoms with van der Waals surface area (Å²) in [6.45, 7) is 0.471. The van der Waals surface area contributed by atoms with Crippen LogP contribution < -0.4 is 0 Å². The zero-order chi connectivity index (χ0) is 14.8. The molecule has 0 saturated heterocycles. The van der Waals surface area contributed by atoms with Gasteiger partial charge < -0.3 is 9.88 Å². The Morgan fingerprint density at radius 2 is 2.19 bits per heavy atom. The molecule has 0 fully saturated rings. The molecule has 1 amide bonds. The average Bonchev–Trinajstić information content (AvgIpc) is 2.89. The van der Waals surface area contributed by atoms with E-state index < -0.39 is 0 Å². The Hall–Kier alpha value is -2.28. The number of nitrogens with zero attached hydrogens (tertiary/aromatic N) is 2. The first kappa shape index (κ1) is 13.7. The van der Waals surface area contributed by atoms with Crippen molar-refractivity contribution in [2.45, 2.75) is 32.1 Å². The summed E-state index contributed by atoms with van der Waals surface area (Å²) in [5, 5.41) is 9.81. The van der Waals surface area contributed by atoms with Crippen LogP contribution in [0.25, 0.3) is 10.9 Å². The molecule has 4 nitrogen and oxygen atoms in total. The lowest BCUT2D eigenvalue weighted by Gasteiger charge is -2.15. The quantitative estimate of drug-likeness (QED) is 0.940. The number of hydrogen-bond acceptors (Lipinski definition) is 2. The highest BCUT2D eigenvalue weighted by Crippen LogP contribution is 2.29. The Morgan fingerprint density at radius 1 is 1.38 bits per heavy atom. The molecule has 1 aromatic carbocycles. The lowest BCUT2D eigenvalue weighted by Crippen LogP contribution is -2.27. The number of nitrogens with one attached hydrogen (secondary N) is 1. The maximum atomic E-state index is 12.4. The summed E-state index contributed by atoms with van der Waals surface area (Å²) in [5.41, 5.74) is 4.54. The van der Waals surface area contributed by atoms with Gasteiger partial charge in [-0.1, -0.05) is 0 Å². The highest BCUT2D eigenvalue weighted by atomic mass is 16.2. The molecule has 108 valence electrons. The Morgan fingerprint density at radius 3 is 3.00 bits per heavy atom. The van der Waals surface area contributed by atoms with E-state index in [-0.39, 0.29) is 5.91 Å². The predicted molar refractivity (Wildman–Crippen MR) is 82.1 cm³/mol. The van der Waals surface area contributed by atoms with Crippen LogP contribution in [-0.2, 0) is 12.8 Å². The summed E-state index contributed by atoms with van der Waals surface area (Å²) in [5.74, 6) is -0.0158. The van der Waals surface area contributed by atoms with Gasteiger partial charge in [-0.05, 0) is 49.4 Å². The van der Waals surface area contributed by atoms with Crippen LogP contribution in [0.2, 0.25) is 0 Å². The number of amides is 1. The second-order valence-corrected chi connectivity index (χ2v) is 5.68. The van der Waals surface area contributed by atoms with Crippen LogP contribution in [-0.4, -0.2) is 29.4 Å². The first-order chi connectivity index (χ1) is 10.2. The van der Waals surface area contributed by atoms with Crippen molar-refractivity contribution in [1.29, 1.82) is 5.26 Å². The zero-order valence-electron chi connectivity index (χ0n) is 12.3. The van der Waals surface area contributed by atoms with Crippen molar-refractivity contribution >= 4 is 16.8 Å². The third kappa shape index (κ3) is 2.52. The molecule has 3 rings (SSSR count). The predicted octanol–water partition coefficient (Wildman–Crippen LogP) is 3.03. The molecular weight excluding hydrogens is 262 g/mol. The van der Waals surface area contributed by atoms with E-state index in [4.69, 9.17) is 5.26 Å². The molecule has 21 heavy (non-hydrogen) atoms. The number of hydrogen-bond donors (Lipinski definition) is 1. The highest BCUT2D eigenvalue weighted by molar-refractivity contribution is 5.99. The normalized spacial score (nSPS) is 13.7. The van der Waals surface area contributed by atoms with Crippen molar-refractivity contribution in [3.63, 3.8) is 0 Å². The molecule has 0 saturated carbocycles. The fourth-order valence-electron chi connectivity index (χ4n) is 3.08. The third-order valence-electron chi connectivity index (χ3n) is 4.25. The van der Waals surface area contributed by atoms with Gasteiger partial charge in [0, 0.05) is 35.8 Å². The van der Waals surface area contributed by atoms with Crippen molar-refractivity contribution in [2.24, 2.45) is 0 Å². The average molecular weight is 281 g/mol. The number of aromatic amines is 1. The Balaban J connectivity index is 1.93. The van der Waals surface area contributed by atoms with E-state index in [1.54, 1.807) is 11.9 Å². The van der Waals surface area contributed by atoms with Gasteiger partial charge in [0.25, 0.3) is 5.91 Å². The molecule has 0 bridgehead atoms. The van der Waals surface area contributed by atoms with Gasteiger partial charge in [-0.25, -0.2) is 0 Å². The van der Waals surface area contributed by atoms with Crippen molar-refractivity contribution in [3.8, 4) is 6.07 Å². The SMILES string of the molecule is CN(CCC#N)C(=O)c1ccc2[nH]c3c(c2c1)CCCC3. The topological polar surface area (TPSA) is 59.9 Å². The minimum Gasteiger partial charge on any atom is -0.358 e. The molecule has 2 aromatic rings. The van der Waals surface area contributed by atoms with Crippen LogP contribution in [0.5, 0.6) is 0 Å². The molecule has 0 atom stereocenters. The highest BCUT2D eigenvalue weighted by Gasteiger charge is 2.18. The molecule has 0 unspecified atom stereocenters. The summed E-state index contributed by atoms with van der Waals surface area (Å²) >= 11 is 0. The minimum absolute atomic E-state index is 0.0158. The number of H-pyrrole nitrogens is 1. The number of carbonyl (C=O) groups is 1.